The van der Waals surface area contributed by atoms with Gasteiger partial charge in [-0.05, 0) is 54.1 Å². The van der Waals surface area contributed by atoms with Gasteiger partial charge in [0.15, 0.2) is 0 Å². The maximum absolute atomic E-state index is 12.3. The molecule has 2 aliphatic rings. The number of hydrogen-bond donors (Lipinski definition) is 1. The van der Waals surface area contributed by atoms with Gasteiger partial charge >= 0.3 is 0 Å². The van der Waals surface area contributed by atoms with Gasteiger partial charge < -0.3 is 9.88 Å². The van der Waals surface area contributed by atoms with E-state index in [-0.39, 0.29) is 5.91 Å². The topological polar surface area (TPSA) is 57.8 Å². The van der Waals surface area contributed by atoms with Crippen molar-refractivity contribution in [3.05, 3.63) is 22.4 Å². The minimum absolute atomic E-state index is 0.131. The molecule has 0 atom stereocenters. The van der Waals surface area contributed by atoms with Gasteiger partial charge in [0, 0.05) is 16.7 Å². The number of nitrogens with one attached hydrogen (secondary N) is 1. The van der Waals surface area contributed by atoms with E-state index in [1.165, 1.54) is 0 Å². The molecule has 3 rings (SSSR count). The maximum atomic E-state index is 12.3. The third-order valence-electron chi connectivity index (χ3n) is 3.76. The van der Waals surface area contributed by atoms with E-state index in [1.54, 1.807) is 0 Å². The lowest BCUT2D eigenvalue weighted by atomic mass is 9.78. The molecule has 1 N–H and O–H groups in total. The summed E-state index contributed by atoms with van der Waals surface area (Å²) in [7, 11) is 0. The van der Waals surface area contributed by atoms with E-state index in [2.05, 4.69) is 27.3 Å². The summed E-state index contributed by atoms with van der Waals surface area (Å²) in [5.74, 6) is -0.131. The van der Waals surface area contributed by atoms with Crippen LogP contribution in [0.2, 0.25) is 0 Å². The van der Waals surface area contributed by atoms with Crippen LogP contribution in [0.5, 0.6) is 0 Å². The lowest BCUT2D eigenvalue weighted by Gasteiger charge is -2.35. The molecular formula is C13H14BrN3O. The molecule has 1 heterocycles. The Morgan fingerprint density at radius 1 is 1.56 bits per heavy atom. The Labute approximate surface area is 114 Å². The number of nitriles is 1. The number of carbonyl (C=O) groups excluding carboxylic acids is 1. The first kappa shape index (κ1) is 11.8. The van der Waals surface area contributed by atoms with Crippen LogP contribution in [0.25, 0.3) is 0 Å². The van der Waals surface area contributed by atoms with Crippen LogP contribution in [0.4, 0.5) is 0 Å². The van der Waals surface area contributed by atoms with Gasteiger partial charge in [0.25, 0.3) is 5.91 Å². The predicted molar refractivity (Wildman–Crippen MR) is 70.1 cm³/mol. The predicted octanol–water partition coefficient (Wildman–Crippen LogP) is 2.76. The number of halogens is 1. The molecule has 0 saturated heterocycles. The van der Waals surface area contributed by atoms with Crippen molar-refractivity contribution in [1.29, 1.82) is 5.26 Å². The molecule has 4 nitrogen and oxygen atoms in total. The minimum Gasteiger partial charge on any atom is -0.339 e. The van der Waals surface area contributed by atoms with Crippen LogP contribution in [0, 0.1) is 11.3 Å². The lowest BCUT2D eigenvalue weighted by molar-refractivity contribution is 0.0871. The number of amides is 1. The first-order valence-electron chi connectivity index (χ1n) is 6.25. The van der Waals surface area contributed by atoms with E-state index in [4.69, 9.17) is 5.26 Å². The summed E-state index contributed by atoms with van der Waals surface area (Å²) in [4.78, 5) is 12.3. The fourth-order valence-corrected chi connectivity index (χ4v) is 2.80. The first-order chi connectivity index (χ1) is 8.63. The second-order valence-electron chi connectivity index (χ2n) is 5.18. The third-order valence-corrected chi connectivity index (χ3v) is 4.20. The van der Waals surface area contributed by atoms with Crippen molar-refractivity contribution in [1.82, 2.24) is 9.88 Å². The highest BCUT2D eigenvalue weighted by Gasteiger charge is 2.39. The van der Waals surface area contributed by atoms with Gasteiger partial charge in [-0.2, -0.15) is 5.26 Å². The quantitative estimate of drug-likeness (QED) is 0.933. The monoisotopic (exact) mass is 307 g/mol. The average molecular weight is 308 g/mol. The second-order valence-corrected chi connectivity index (χ2v) is 6.10. The van der Waals surface area contributed by atoms with Crippen LogP contribution >= 0.6 is 15.9 Å². The fraction of sp³-hybridized carbons (Fsp3) is 0.538. The van der Waals surface area contributed by atoms with Crippen LogP contribution < -0.4 is 5.32 Å². The molecule has 94 valence electrons. The number of nitrogens with zero attached hydrogens (tertiary/aromatic N) is 2. The number of carbonyl (C=O) groups is 1. The molecule has 2 aliphatic carbocycles. The molecule has 18 heavy (non-hydrogen) atoms. The largest absolute Gasteiger partial charge is 0.339 e. The van der Waals surface area contributed by atoms with Crippen LogP contribution in [0.1, 0.15) is 48.6 Å². The fourth-order valence-electron chi connectivity index (χ4n) is 2.36. The molecule has 2 saturated carbocycles. The Kier molecular flexibility index (Phi) is 2.70. The van der Waals surface area contributed by atoms with Crippen LogP contribution in [-0.4, -0.2) is 16.0 Å². The summed E-state index contributed by atoms with van der Waals surface area (Å²) in [6.45, 7) is 0. The normalized spacial score (nSPS) is 20.9. The average Bonchev–Trinajstić information content (AvgIpc) is 3.07. The molecule has 0 spiro atoms. The molecule has 0 aliphatic heterocycles. The Morgan fingerprint density at radius 3 is 2.78 bits per heavy atom. The Morgan fingerprint density at radius 2 is 2.28 bits per heavy atom. The summed E-state index contributed by atoms with van der Waals surface area (Å²) in [6.07, 6.45) is 6.75. The van der Waals surface area contributed by atoms with E-state index >= 15 is 0 Å². The van der Waals surface area contributed by atoms with Gasteiger partial charge in [0.2, 0.25) is 0 Å². The third kappa shape index (κ3) is 1.95. The van der Waals surface area contributed by atoms with Crippen molar-refractivity contribution in [2.75, 3.05) is 0 Å². The van der Waals surface area contributed by atoms with E-state index in [0.29, 0.717) is 11.7 Å². The zero-order valence-corrected chi connectivity index (χ0v) is 11.5. The summed E-state index contributed by atoms with van der Waals surface area (Å²) in [6, 6.07) is 4.52. The smallest absolute Gasteiger partial charge is 0.269 e. The molecule has 0 radical (unpaired) electrons. The first-order valence-corrected chi connectivity index (χ1v) is 7.04. The van der Waals surface area contributed by atoms with Gasteiger partial charge in [-0.15, -0.1) is 0 Å². The van der Waals surface area contributed by atoms with E-state index in [1.807, 2.05) is 16.8 Å². The summed E-state index contributed by atoms with van der Waals surface area (Å²) in [5, 5.41) is 12.0. The van der Waals surface area contributed by atoms with E-state index < -0.39 is 5.54 Å². The lowest BCUT2D eigenvalue weighted by Crippen LogP contribution is -2.52. The standard InChI is InChI=1S/C13H14BrN3O/c14-9-6-11(17(7-9)10-2-3-10)12(18)16-13(8-15)4-1-5-13/h6-7,10H,1-5H2,(H,16,18). The molecule has 2 fully saturated rings. The van der Waals surface area contributed by atoms with Crippen LogP contribution in [0.3, 0.4) is 0 Å². The zero-order valence-electron chi connectivity index (χ0n) is 9.95. The number of aromatic nitrogens is 1. The molecule has 0 unspecified atom stereocenters. The van der Waals surface area contributed by atoms with Gasteiger partial charge in [0.1, 0.15) is 11.2 Å². The van der Waals surface area contributed by atoms with Gasteiger partial charge in [-0.25, -0.2) is 0 Å². The molecule has 1 aromatic heterocycles. The highest BCUT2D eigenvalue weighted by atomic mass is 79.9. The van der Waals surface area contributed by atoms with Gasteiger partial charge in [-0.1, -0.05) is 0 Å². The van der Waals surface area contributed by atoms with Crippen LogP contribution in [0.15, 0.2) is 16.7 Å². The van der Waals surface area contributed by atoms with Crippen molar-refractivity contribution >= 4 is 21.8 Å². The van der Waals surface area contributed by atoms with Crippen molar-refractivity contribution in [3.63, 3.8) is 0 Å². The van der Waals surface area contributed by atoms with Crippen molar-refractivity contribution in [2.24, 2.45) is 0 Å². The SMILES string of the molecule is N#CC1(NC(=O)c2cc(Br)cn2C2CC2)CCC1. The molecule has 0 aromatic carbocycles. The number of rotatable bonds is 3. The number of hydrogen-bond acceptors (Lipinski definition) is 2. The molecule has 1 aromatic rings. The Bertz CT molecular complexity index is 535. The summed E-state index contributed by atoms with van der Waals surface area (Å²) < 4.78 is 2.93. The Hall–Kier alpha value is -1.28. The maximum Gasteiger partial charge on any atom is 0.269 e. The Balaban J connectivity index is 1.82. The van der Waals surface area contributed by atoms with Crippen molar-refractivity contribution in [2.45, 2.75) is 43.7 Å². The molecular weight excluding hydrogens is 294 g/mol. The highest BCUT2D eigenvalue weighted by Crippen LogP contribution is 2.38. The molecule has 5 heteroatoms. The van der Waals surface area contributed by atoms with Gasteiger partial charge in [-0.3, -0.25) is 4.79 Å². The van der Waals surface area contributed by atoms with Crippen molar-refractivity contribution < 1.29 is 4.79 Å². The van der Waals surface area contributed by atoms with Crippen LogP contribution in [-0.2, 0) is 0 Å². The van der Waals surface area contributed by atoms with Gasteiger partial charge in [0.05, 0.1) is 6.07 Å². The highest BCUT2D eigenvalue weighted by molar-refractivity contribution is 9.10. The second kappa shape index (κ2) is 4.13. The zero-order chi connectivity index (χ0) is 12.8. The van der Waals surface area contributed by atoms with E-state index in [0.717, 1.165) is 36.6 Å². The summed E-state index contributed by atoms with van der Waals surface area (Å²) >= 11 is 3.41. The molecule has 1 amide bonds. The molecule has 0 bridgehead atoms. The van der Waals surface area contributed by atoms with E-state index in [9.17, 15) is 4.79 Å². The summed E-state index contributed by atoms with van der Waals surface area (Å²) in [5.41, 5.74) is 0.0354. The van der Waals surface area contributed by atoms with Crippen molar-refractivity contribution in [3.8, 4) is 6.07 Å². The minimum atomic E-state index is -0.623.